The number of ether oxygens (including phenoxy) is 2. The second kappa shape index (κ2) is 11.0. The maximum Gasteiger partial charge on any atom is 0.227 e. The van der Waals surface area contributed by atoms with E-state index in [4.69, 9.17) is 9.47 Å². The molecule has 4 aromatic rings. The summed E-state index contributed by atoms with van der Waals surface area (Å²) in [6, 6.07) is 11.6. The van der Waals surface area contributed by atoms with Gasteiger partial charge in [-0.25, -0.2) is 15.0 Å². The SMILES string of the molecule is COc1cncc(-c2ncc(-c3ccnc(Nc4cccc(OCCCN5CCCC5)c4)n3)[nH]2)c1. The number of nitrogens with zero attached hydrogens (tertiary/aromatic N) is 5. The van der Waals surface area contributed by atoms with Crippen molar-refractivity contribution in [1.29, 1.82) is 0 Å². The minimum atomic E-state index is 0.493. The minimum Gasteiger partial charge on any atom is -0.495 e. The first-order valence-corrected chi connectivity index (χ1v) is 11.9. The van der Waals surface area contributed by atoms with Crippen LogP contribution in [-0.4, -0.2) is 63.2 Å². The van der Waals surface area contributed by atoms with E-state index in [-0.39, 0.29) is 0 Å². The molecule has 0 saturated carbocycles. The van der Waals surface area contributed by atoms with Crippen molar-refractivity contribution < 1.29 is 9.47 Å². The Labute approximate surface area is 204 Å². The predicted octanol–water partition coefficient (Wildman–Crippen LogP) is 4.55. The molecule has 3 aromatic heterocycles. The zero-order valence-electron chi connectivity index (χ0n) is 19.8. The van der Waals surface area contributed by atoms with E-state index in [0.29, 0.717) is 24.1 Å². The van der Waals surface area contributed by atoms with Crippen molar-refractivity contribution in [3.63, 3.8) is 0 Å². The smallest absolute Gasteiger partial charge is 0.227 e. The maximum atomic E-state index is 5.96. The second-order valence-electron chi connectivity index (χ2n) is 8.43. The number of imidazole rings is 1. The molecule has 0 atom stereocenters. The third-order valence-electron chi connectivity index (χ3n) is 5.91. The summed E-state index contributed by atoms with van der Waals surface area (Å²) < 4.78 is 11.2. The van der Waals surface area contributed by atoms with E-state index in [1.807, 2.05) is 36.4 Å². The molecule has 1 aliphatic heterocycles. The van der Waals surface area contributed by atoms with Crippen molar-refractivity contribution in [2.24, 2.45) is 0 Å². The molecule has 4 heterocycles. The lowest BCUT2D eigenvalue weighted by atomic mass is 10.2. The molecule has 1 aromatic carbocycles. The van der Waals surface area contributed by atoms with Gasteiger partial charge in [-0.2, -0.15) is 0 Å². The Morgan fingerprint density at radius 1 is 1.03 bits per heavy atom. The summed E-state index contributed by atoms with van der Waals surface area (Å²) in [6.07, 6.45) is 10.5. The van der Waals surface area contributed by atoms with Gasteiger partial charge in [0.1, 0.15) is 17.3 Å². The van der Waals surface area contributed by atoms with E-state index in [9.17, 15) is 0 Å². The van der Waals surface area contributed by atoms with E-state index >= 15 is 0 Å². The molecule has 9 heteroatoms. The zero-order valence-corrected chi connectivity index (χ0v) is 19.8. The van der Waals surface area contributed by atoms with Crippen molar-refractivity contribution in [3.8, 4) is 34.3 Å². The molecule has 0 amide bonds. The fourth-order valence-corrected chi connectivity index (χ4v) is 4.10. The summed E-state index contributed by atoms with van der Waals surface area (Å²) in [5, 5.41) is 3.27. The van der Waals surface area contributed by atoms with Gasteiger partial charge >= 0.3 is 0 Å². The Morgan fingerprint density at radius 2 is 1.94 bits per heavy atom. The van der Waals surface area contributed by atoms with Crippen LogP contribution in [0, 0.1) is 0 Å². The highest BCUT2D eigenvalue weighted by Crippen LogP contribution is 2.25. The van der Waals surface area contributed by atoms with Crippen LogP contribution in [0.25, 0.3) is 22.8 Å². The highest BCUT2D eigenvalue weighted by atomic mass is 16.5. The molecule has 2 N–H and O–H groups in total. The Bertz CT molecular complexity index is 1250. The van der Waals surface area contributed by atoms with Crippen LogP contribution in [0.5, 0.6) is 11.5 Å². The number of hydrogen-bond donors (Lipinski definition) is 2. The number of nitrogens with one attached hydrogen (secondary N) is 2. The van der Waals surface area contributed by atoms with Gasteiger partial charge in [0.25, 0.3) is 0 Å². The van der Waals surface area contributed by atoms with Crippen LogP contribution < -0.4 is 14.8 Å². The van der Waals surface area contributed by atoms with Crippen molar-refractivity contribution >= 4 is 11.6 Å². The molecule has 0 unspecified atom stereocenters. The van der Waals surface area contributed by atoms with Gasteiger partial charge in [0, 0.05) is 36.3 Å². The van der Waals surface area contributed by atoms with Gasteiger partial charge in [0.05, 0.1) is 37.5 Å². The van der Waals surface area contributed by atoms with Gasteiger partial charge in [0.15, 0.2) is 0 Å². The molecule has 0 radical (unpaired) electrons. The first-order valence-electron chi connectivity index (χ1n) is 11.9. The van der Waals surface area contributed by atoms with Crippen molar-refractivity contribution in [1.82, 2.24) is 29.8 Å². The van der Waals surface area contributed by atoms with E-state index < -0.39 is 0 Å². The monoisotopic (exact) mass is 471 g/mol. The molecular weight excluding hydrogens is 442 g/mol. The lowest BCUT2D eigenvalue weighted by Gasteiger charge is -2.14. The van der Waals surface area contributed by atoms with Crippen LogP contribution in [-0.2, 0) is 0 Å². The molecule has 1 aliphatic rings. The molecule has 35 heavy (non-hydrogen) atoms. The molecular formula is C26H29N7O2. The quantitative estimate of drug-likeness (QED) is 0.325. The fourth-order valence-electron chi connectivity index (χ4n) is 4.10. The van der Waals surface area contributed by atoms with Gasteiger partial charge in [0.2, 0.25) is 5.95 Å². The first kappa shape index (κ1) is 22.8. The second-order valence-corrected chi connectivity index (χ2v) is 8.43. The number of hydrogen-bond acceptors (Lipinski definition) is 8. The topological polar surface area (TPSA) is 101 Å². The normalized spacial score (nSPS) is 13.6. The molecule has 9 nitrogen and oxygen atoms in total. The number of H-pyrrole nitrogens is 1. The van der Waals surface area contributed by atoms with Crippen LogP contribution in [0.1, 0.15) is 19.3 Å². The van der Waals surface area contributed by atoms with Gasteiger partial charge in [-0.3, -0.25) is 4.98 Å². The predicted molar refractivity (Wildman–Crippen MR) is 135 cm³/mol. The fraction of sp³-hybridized carbons (Fsp3) is 0.308. The number of anilines is 2. The average molecular weight is 472 g/mol. The lowest BCUT2D eigenvalue weighted by molar-refractivity contribution is 0.263. The molecule has 180 valence electrons. The Kier molecular flexibility index (Phi) is 7.14. The van der Waals surface area contributed by atoms with E-state index in [2.05, 4.69) is 35.1 Å². The average Bonchev–Trinajstić information content (AvgIpc) is 3.60. The molecule has 5 rings (SSSR count). The number of aromatic amines is 1. The Hall–Kier alpha value is -3.98. The van der Waals surface area contributed by atoms with E-state index in [1.54, 1.807) is 31.9 Å². The highest BCUT2D eigenvalue weighted by Gasteiger charge is 2.11. The van der Waals surface area contributed by atoms with Crippen molar-refractivity contribution in [2.45, 2.75) is 19.3 Å². The first-order chi connectivity index (χ1) is 17.3. The van der Waals surface area contributed by atoms with Gasteiger partial charge in [-0.15, -0.1) is 0 Å². The van der Waals surface area contributed by atoms with Crippen molar-refractivity contribution in [3.05, 3.63) is 61.2 Å². The number of methoxy groups -OCH3 is 1. The summed E-state index contributed by atoms with van der Waals surface area (Å²) in [7, 11) is 1.61. The maximum absolute atomic E-state index is 5.96. The summed E-state index contributed by atoms with van der Waals surface area (Å²) >= 11 is 0. The summed E-state index contributed by atoms with van der Waals surface area (Å²) in [6.45, 7) is 4.24. The number of benzene rings is 1. The van der Waals surface area contributed by atoms with Crippen LogP contribution in [0.15, 0.2) is 61.2 Å². The van der Waals surface area contributed by atoms with Crippen molar-refractivity contribution in [2.75, 3.05) is 38.7 Å². The highest BCUT2D eigenvalue weighted by molar-refractivity contribution is 5.64. The minimum absolute atomic E-state index is 0.493. The summed E-state index contributed by atoms with van der Waals surface area (Å²) in [5.41, 5.74) is 3.21. The van der Waals surface area contributed by atoms with Gasteiger partial charge < -0.3 is 24.7 Å². The Morgan fingerprint density at radius 3 is 2.83 bits per heavy atom. The number of pyridine rings is 1. The molecule has 0 spiro atoms. The van der Waals surface area contributed by atoms with E-state index in [0.717, 1.165) is 41.4 Å². The van der Waals surface area contributed by atoms with Crippen LogP contribution in [0.2, 0.25) is 0 Å². The number of rotatable bonds is 10. The van der Waals surface area contributed by atoms with Gasteiger partial charge in [-0.1, -0.05) is 6.07 Å². The van der Waals surface area contributed by atoms with Gasteiger partial charge in [-0.05, 0) is 56.6 Å². The van der Waals surface area contributed by atoms with E-state index in [1.165, 1.54) is 25.9 Å². The van der Waals surface area contributed by atoms with Crippen LogP contribution in [0.4, 0.5) is 11.6 Å². The summed E-state index contributed by atoms with van der Waals surface area (Å²) in [5.74, 6) is 2.69. The molecule has 0 aliphatic carbocycles. The third kappa shape index (κ3) is 5.93. The lowest BCUT2D eigenvalue weighted by Crippen LogP contribution is -2.21. The van der Waals surface area contributed by atoms with Crippen LogP contribution >= 0.6 is 0 Å². The third-order valence-corrected chi connectivity index (χ3v) is 5.91. The number of aromatic nitrogens is 5. The van der Waals surface area contributed by atoms with Crippen LogP contribution in [0.3, 0.4) is 0 Å². The number of likely N-dealkylation sites (tertiary alicyclic amines) is 1. The standard InChI is InChI=1S/C26H29N7O2/c1-34-22-14-19(16-27-17-22)25-29-18-24(31-25)23-8-9-28-26(32-23)30-20-6-4-7-21(15-20)35-13-5-12-33-10-2-3-11-33/h4,6-9,14-18H,2-3,5,10-13H2,1H3,(H,29,31)(H,28,30,32). The largest absolute Gasteiger partial charge is 0.495 e. The molecule has 0 bridgehead atoms. The Balaban J connectivity index is 1.22. The zero-order chi connectivity index (χ0) is 23.9. The summed E-state index contributed by atoms with van der Waals surface area (Å²) in [4.78, 5) is 23.5. The molecule has 1 fully saturated rings. The molecule has 1 saturated heterocycles.